The number of carboxylic acids is 1. The molecule has 0 aliphatic carbocycles. The van der Waals surface area contributed by atoms with Crippen LogP contribution in [0.15, 0.2) is 0 Å². The van der Waals surface area contributed by atoms with E-state index < -0.39 is 5.97 Å². The highest BCUT2D eigenvalue weighted by atomic mass is 16.4. The number of carbonyl (C=O) groups is 2. The molecule has 1 aliphatic rings. The molecule has 1 aliphatic heterocycles. The lowest BCUT2D eigenvalue weighted by atomic mass is 10.1. The molecule has 0 aromatic rings. The molecule has 0 bridgehead atoms. The maximum absolute atomic E-state index is 11.4. The van der Waals surface area contributed by atoms with Crippen molar-refractivity contribution in [2.24, 2.45) is 0 Å². The van der Waals surface area contributed by atoms with Crippen LogP contribution in [0.5, 0.6) is 0 Å². The van der Waals surface area contributed by atoms with Crippen molar-refractivity contribution in [3.63, 3.8) is 0 Å². The minimum absolute atomic E-state index is 0.0597. The van der Waals surface area contributed by atoms with Crippen LogP contribution in [0.3, 0.4) is 0 Å². The van der Waals surface area contributed by atoms with Gasteiger partial charge in [0.15, 0.2) is 0 Å². The van der Waals surface area contributed by atoms with Crippen LogP contribution in [0.2, 0.25) is 0 Å². The summed E-state index contributed by atoms with van der Waals surface area (Å²) in [6, 6.07) is 0.431. The number of amides is 1. The van der Waals surface area contributed by atoms with Gasteiger partial charge in [-0.15, -0.1) is 0 Å². The molecule has 1 amide bonds. The van der Waals surface area contributed by atoms with Crippen molar-refractivity contribution in [2.75, 3.05) is 13.1 Å². The first-order valence-corrected chi connectivity index (χ1v) is 4.90. The van der Waals surface area contributed by atoms with Crippen molar-refractivity contribution < 1.29 is 20.4 Å². The zero-order valence-electron chi connectivity index (χ0n) is 8.20. The number of rotatable bonds is 3. The maximum atomic E-state index is 11.4. The lowest BCUT2D eigenvalue weighted by Gasteiger charge is -2.28. The Hall–Kier alpha value is -1.10. The van der Waals surface area contributed by atoms with Crippen molar-refractivity contribution in [3.8, 4) is 0 Å². The molecule has 5 nitrogen and oxygen atoms in total. The molecule has 1 rings (SSSR count). The van der Waals surface area contributed by atoms with E-state index in [1.165, 1.54) is 0 Å². The average Bonchev–Trinajstić information content (AvgIpc) is 2.15. The predicted molar refractivity (Wildman–Crippen MR) is 46.7 cm³/mol. The monoisotopic (exact) mass is 200 g/mol. The second kappa shape index (κ2) is 4.95. The Kier molecular flexibility index (Phi) is 3.88. The molecular weight excluding hydrogens is 184 g/mol. The zero-order valence-corrected chi connectivity index (χ0v) is 8.20. The Labute approximate surface area is 82.9 Å². The lowest BCUT2D eigenvalue weighted by molar-refractivity contribution is -0.425. The molecule has 0 aromatic heterocycles. The van der Waals surface area contributed by atoms with Gasteiger partial charge in [-0.3, -0.25) is 4.79 Å². The molecular formula is C9H16N2O3. The van der Waals surface area contributed by atoms with E-state index in [0.29, 0.717) is 19.1 Å². The number of piperidine rings is 1. The van der Waals surface area contributed by atoms with Gasteiger partial charge in [0.05, 0.1) is 6.04 Å². The largest absolute Gasteiger partial charge is 0.550 e. The van der Waals surface area contributed by atoms with E-state index >= 15 is 0 Å². The Morgan fingerprint density at radius 3 is 2.36 bits per heavy atom. The van der Waals surface area contributed by atoms with Crippen LogP contribution in [-0.4, -0.2) is 35.9 Å². The fraction of sp³-hybridized carbons (Fsp3) is 0.778. The molecule has 1 heterocycles. The van der Waals surface area contributed by atoms with Crippen LogP contribution in [0.25, 0.3) is 0 Å². The van der Waals surface area contributed by atoms with Crippen LogP contribution in [0.4, 0.5) is 0 Å². The SMILES string of the molecule is [NH3+]C1CCN(C(=O)CCC(=O)[O-])CC1. The second-order valence-corrected chi connectivity index (χ2v) is 3.70. The van der Waals surface area contributed by atoms with Crippen molar-refractivity contribution in [1.29, 1.82) is 0 Å². The van der Waals surface area contributed by atoms with Gasteiger partial charge in [-0.1, -0.05) is 0 Å². The topological polar surface area (TPSA) is 88.1 Å². The molecule has 1 fully saturated rings. The summed E-state index contributed by atoms with van der Waals surface area (Å²) in [5.41, 5.74) is 3.92. The van der Waals surface area contributed by atoms with Gasteiger partial charge in [0.25, 0.3) is 0 Å². The van der Waals surface area contributed by atoms with Crippen molar-refractivity contribution >= 4 is 11.9 Å². The van der Waals surface area contributed by atoms with Crippen molar-refractivity contribution in [1.82, 2.24) is 4.90 Å². The molecule has 0 radical (unpaired) electrons. The molecule has 5 heteroatoms. The van der Waals surface area contributed by atoms with Gasteiger partial charge in [-0.2, -0.15) is 0 Å². The zero-order chi connectivity index (χ0) is 10.6. The van der Waals surface area contributed by atoms with E-state index in [1.54, 1.807) is 4.90 Å². The number of likely N-dealkylation sites (tertiary alicyclic amines) is 1. The highest BCUT2D eigenvalue weighted by Crippen LogP contribution is 2.08. The van der Waals surface area contributed by atoms with E-state index in [0.717, 1.165) is 12.8 Å². The first-order chi connectivity index (χ1) is 6.59. The Morgan fingerprint density at radius 2 is 1.86 bits per heavy atom. The Morgan fingerprint density at radius 1 is 1.29 bits per heavy atom. The summed E-state index contributed by atoms with van der Waals surface area (Å²) in [5, 5.41) is 10.1. The summed E-state index contributed by atoms with van der Waals surface area (Å²) < 4.78 is 0. The molecule has 0 atom stereocenters. The molecule has 3 N–H and O–H groups in total. The van der Waals surface area contributed by atoms with Crippen LogP contribution in [0.1, 0.15) is 25.7 Å². The summed E-state index contributed by atoms with van der Waals surface area (Å²) in [6.45, 7) is 1.42. The second-order valence-electron chi connectivity index (χ2n) is 3.70. The first kappa shape index (κ1) is 11.0. The number of hydrogen-bond donors (Lipinski definition) is 1. The summed E-state index contributed by atoms with van der Waals surface area (Å²) in [6.07, 6.45) is 1.71. The highest BCUT2D eigenvalue weighted by Gasteiger charge is 2.21. The van der Waals surface area contributed by atoms with E-state index in [4.69, 9.17) is 0 Å². The van der Waals surface area contributed by atoms with Crippen molar-refractivity contribution in [2.45, 2.75) is 31.7 Å². The summed E-state index contributed by atoms with van der Waals surface area (Å²) in [7, 11) is 0. The van der Waals surface area contributed by atoms with Gasteiger partial charge in [0.1, 0.15) is 0 Å². The minimum atomic E-state index is -1.16. The third-order valence-electron chi connectivity index (χ3n) is 2.51. The molecule has 14 heavy (non-hydrogen) atoms. The highest BCUT2D eigenvalue weighted by molar-refractivity contribution is 5.80. The fourth-order valence-corrected chi connectivity index (χ4v) is 1.55. The summed E-state index contributed by atoms with van der Waals surface area (Å²) in [4.78, 5) is 23.3. The lowest BCUT2D eigenvalue weighted by Crippen LogP contribution is -2.64. The normalized spacial score (nSPS) is 18.2. The van der Waals surface area contributed by atoms with Gasteiger partial charge >= 0.3 is 0 Å². The third kappa shape index (κ3) is 3.33. The van der Waals surface area contributed by atoms with Gasteiger partial charge in [-0.25, -0.2) is 0 Å². The van der Waals surface area contributed by atoms with Crippen LogP contribution >= 0.6 is 0 Å². The number of nitrogens with zero attached hydrogens (tertiary/aromatic N) is 1. The maximum Gasteiger partial charge on any atom is 0.222 e. The predicted octanol–water partition coefficient (Wildman–Crippen LogP) is -2.25. The fourth-order valence-electron chi connectivity index (χ4n) is 1.55. The number of carboxylic acid groups (broad SMARTS) is 1. The van der Waals surface area contributed by atoms with Crippen LogP contribution in [-0.2, 0) is 9.59 Å². The average molecular weight is 200 g/mol. The Bertz CT molecular complexity index is 222. The quantitative estimate of drug-likeness (QED) is 0.558. The molecule has 80 valence electrons. The Balaban J connectivity index is 2.27. The van der Waals surface area contributed by atoms with Gasteiger partial charge in [0.2, 0.25) is 5.91 Å². The van der Waals surface area contributed by atoms with Gasteiger partial charge in [-0.05, 0) is 6.42 Å². The molecule has 1 saturated heterocycles. The summed E-state index contributed by atoms with van der Waals surface area (Å²) >= 11 is 0. The number of hydrogen-bond acceptors (Lipinski definition) is 3. The van der Waals surface area contributed by atoms with Crippen molar-refractivity contribution in [3.05, 3.63) is 0 Å². The van der Waals surface area contributed by atoms with Gasteiger partial charge < -0.3 is 20.5 Å². The van der Waals surface area contributed by atoms with Crippen LogP contribution < -0.4 is 10.8 Å². The van der Waals surface area contributed by atoms with Crippen LogP contribution in [0, 0.1) is 0 Å². The number of carbonyl (C=O) groups excluding carboxylic acids is 2. The smallest absolute Gasteiger partial charge is 0.222 e. The standard InChI is InChI=1S/C9H16N2O3/c10-7-3-5-11(6-4-7)8(12)1-2-9(13)14/h7H,1-6,10H2,(H,13,14). The minimum Gasteiger partial charge on any atom is -0.550 e. The van der Waals surface area contributed by atoms with E-state index in [2.05, 4.69) is 5.73 Å². The van der Waals surface area contributed by atoms with E-state index in [9.17, 15) is 14.7 Å². The third-order valence-corrected chi connectivity index (χ3v) is 2.51. The molecule has 0 aromatic carbocycles. The van der Waals surface area contributed by atoms with E-state index in [1.807, 2.05) is 0 Å². The van der Waals surface area contributed by atoms with E-state index in [-0.39, 0.29) is 18.7 Å². The molecule has 0 unspecified atom stereocenters. The molecule has 0 spiro atoms. The first-order valence-electron chi connectivity index (χ1n) is 4.90. The molecule has 0 saturated carbocycles. The number of aliphatic carboxylic acids is 1. The van der Waals surface area contributed by atoms with Gasteiger partial charge in [0, 0.05) is 38.3 Å². The summed E-state index contributed by atoms with van der Waals surface area (Å²) in [5.74, 6) is -1.24. The number of quaternary nitrogens is 1.